The highest BCUT2D eigenvalue weighted by molar-refractivity contribution is 5.62. The maximum absolute atomic E-state index is 13.3. The molecule has 0 aromatic heterocycles. The second-order valence-electron chi connectivity index (χ2n) is 5.98. The van der Waals surface area contributed by atoms with Crippen molar-refractivity contribution in [3.05, 3.63) is 29.6 Å². The van der Waals surface area contributed by atoms with Crippen LogP contribution < -0.4 is 4.90 Å². The van der Waals surface area contributed by atoms with E-state index in [1.165, 1.54) is 31.2 Å². The van der Waals surface area contributed by atoms with Crippen LogP contribution in [-0.2, 0) is 5.41 Å². The van der Waals surface area contributed by atoms with Gasteiger partial charge in [-0.1, -0.05) is 13.0 Å². The number of rotatable bonds is 0. The summed E-state index contributed by atoms with van der Waals surface area (Å²) in [6.07, 6.45) is 5.14. The van der Waals surface area contributed by atoms with E-state index in [0.717, 1.165) is 18.2 Å². The molecule has 0 atom stereocenters. The first-order chi connectivity index (χ1) is 8.11. The van der Waals surface area contributed by atoms with Gasteiger partial charge in [-0.15, -0.1) is 0 Å². The Morgan fingerprint density at radius 1 is 1.29 bits per heavy atom. The topological polar surface area (TPSA) is 3.24 Å². The number of halogens is 1. The van der Waals surface area contributed by atoms with Crippen molar-refractivity contribution in [1.82, 2.24) is 0 Å². The van der Waals surface area contributed by atoms with E-state index in [-0.39, 0.29) is 5.82 Å². The monoisotopic (exact) mass is 233 g/mol. The van der Waals surface area contributed by atoms with Crippen LogP contribution >= 0.6 is 0 Å². The Bertz CT molecular complexity index is 433. The van der Waals surface area contributed by atoms with Gasteiger partial charge in [-0.25, -0.2) is 4.39 Å². The van der Waals surface area contributed by atoms with Gasteiger partial charge < -0.3 is 4.90 Å². The first-order valence-corrected chi connectivity index (χ1v) is 6.62. The molecule has 0 bridgehead atoms. The van der Waals surface area contributed by atoms with Crippen molar-refractivity contribution in [1.29, 1.82) is 0 Å². The van der Waals surface area contributed by atoms with Gasteiger partial charge in [0.2, 0.25) is 0 Å². The Labute approximate surface area is 103 Å². The molecule has 0 unspecified atom stereocenters. The van der Waals surface area contributed by atoms with Crippen molar-refractivity contribution in [2.75, 3.05) is 18.5 Å². The van der Waals surface area contributed by atoms with Crippen LogP contribution in [0, 0.1) is 11.7 Å². The summed E-state index contributed by atoms with van der Waals surface area (Å²) in [5, 5.41) is 0. The molecule has 1 fully saturated rings. The third-order valence-electron chi connectivity index (χ3n) is 4.71. The predicted octanol–water partition coefficient (Wildman–Crippen LogP) is 3.72. The molecule has 1 heterocycles. The second-order valence-corrected chi connectivity index (χ2v) is 5.98. The van der Waals surface area contributed by atoms with E-state index >= 15 is 0 Å². The summed E-state index contributed by atoms with van der Waals surface area (Å²) in [4.78, 5) is 2.23. The van der Waals surface area contributed by atoms with Crippen molar-refractivity contribution in [3.8, 4) is 0 Å². The van der Waals surface area contributed by atoms with E-state index < -0.39 is 0 Å². The fourth-order valence-electron chi connectivity index (χ4n) is 3.64. The summed E-state index contributed by atoms with van der Waals surface area (Å²) < 4.78 is 13.3. The SMILES string of the molecule is CC1CCC2(CC1)CN(C)c1cc(F)ccc12. The molecule has 1 aromatic carbocycles. The normalized spacial score (nSPS) is 31.9. The highest BCUT2D eigenvalue weighted by atomic mass is 19.1. The zero-order valence-corrected chi connectivity index (χ0v) is 10.7. The third kappa shape index (κ3) is 1.65. The largest absolute Gasteiger partial charge is 0.373 e. The van der Waals surface area contributed by atoms with Crippen molar-refractivity contribution in [3.63, 3.8) is 0 Å². The maximum Gasteiger partial charge on any atom is 0.125 e. The Kier molecular flexibility index (Phi) is 2.42. The number of hydrogen-bond acceptors (Lipinski definition) is 1. The van der Waals surface area contributed by atoms with E-state index in [0.29, 0.717) is 5.41 Å². The van der Waals surface area contributed by atoms with Gasteiger partial charge in [0.05, 0.1) is 0 Å². The quantitative estimate of drug-likeness (QED) is 0.660. The molecule has 3 rings (SSSR count). The average molecular weight is 233 g/mol. The minimum absolute atomic E-state index is 0.114. The van der Waals surface area contributed by atoms with Crippen LogP contribution in [0.15, 0.2) is 18.2 Å². The number of hydrogen-bond donors (Lipinski definition) is 0. The lowest BCUT2D eigenvalue weighted by Crippen LogP contribution is -2.35. The number of benzene rings is 1. The lowest BCUT2D eigenvalue weighted by atomic mass is 9.68. The van der Waals surface area contributed by atoms with Crippen LogP contribution in [0.4, 0.5) is 10.1 Å². The van der Waals surface area contributed by atoms with Crippen LogP contribution in [0.3, 0.4) is 0 Å². The van der Waals surface area contributed by atoms with Crippen LogP contribution in [0.2, 0.25) is 0 Å². The van der Waals surface area contributed by atoms with E-state index in [9.17, 15) is 4.39 Å². The molecule has 2 heteroatoms. The Morgan fingerprint density at radius 2 is 2.00 bits per heavy atom. The van der Waals surface area contributed by atoms with Crippen LogP contribution in [-0.4, -0.2) is 13.6 Å². The van der Waals surface area contributed by atoms with E-state index in [2.05, 4.69) is 18.9 Å². The molecule has 0 saturated heterocycles. The highest BCUT2D eigenvalue weighted by Gasteiger charge is 2.43. The molecule has 0 radical (unpaired) electrons. The molecule has 1 spiro atoms. The molecule has 1 aliphatic carbocycles. The summed E-state index contributed by atoms with van der Waals surface area (Å²) >= 11 is 0. The van der Waals surface area contributed by atoms with Gasteiger partial charge in [-0.2, -0.15) is 0 Å². The van der Waals surface area contributed by atoms with E-state index in [4.69, 9.17) is 0 Å². The molecule has 0 N–H and O–H groups in total. The molecule has 1 aromatic rings. The standard InChI is InChI=1S/C15H20FN/c1-11-5-7-15(8-6-11)10-17(2)14-9-12(16)3-4-13(14)15/h3-4,9,11H,5-8,10H2,1-2H3. The van der Waals surface area contributed by atoms with Gasteiger partial charge >= 0.3 is 0 Å². The molecular formula is C15H20FN. The minimum atomic E-state index is -0.114. The summed E-state index contributed by atoms with van der Waals surface area (Å²) in [7, 11) is 2.09. The zero-order chi connectivity index (χ0) is 12.0. The first-order valence-electron chi connectivity index (χ1n) is 6.62. The van der Waals surface area contributed by atoms with Crippen LogP contribution in [0.5, 0.6) is 0 Å². The molecular weight excluding hydrogens is 213 g/mol. The van der Waals surface area contributed by atoms with Gasteiger partial charge in [0.1, 0.15) is 5.82 Å². The Morgan fingerprint density at radius 3 is 2.71 bits per heavy atom. The van der Waals surface area contributed by atoms with Crippen molar-refractivity contribution >= 4 is 5.69 Å². The molecule has 0 amide bonds. The molecule has 1 saturated carbocycles. The van der Waals surface area contributed by atoms with E-state index in [1.807, 2.05) is 6.07 Å². The molecule has 1 aliphatic heterocycles. The van der Waals surface area contributed by atoms with Crippen molar-refractivity contribution in [2.24, 2.45) is 5.92 Å². The molecule has 1 nitrogen and oxygen atoms in total. The number of likely N-dealkylation sites (N-methyl/N-ethyl adjacent to an activating group) is 1. The summed E-state index contributed by atoms with van der Waals surface area (Å²) in [5.41, 5.74) is 2.80. The fraction of sp³-hybridized carbons (Fsp3) is 0.600. The second kappa shape index (κ2) is 3.72. The zero-order valence-electron chi connectivity index (χ0n) is 10.7. The number of fused-ring (bicyclic) bond motifs is 2. The summed E-state index contributed by atoms with van der Waals surface area (Å²) in [6, 6.07) is 5.34. The van der Waals surface area contributed by atoms with Gasteiger partial charge in [0, 0.05) is 24.7 Å². The lowest BCUT2D eigenvalue weighted by molar-refractivity contribution is 0.256. The smallest absolute Gasteiger partial charge is 0.125 e. The van der Waals surface area contributed by atoms with Gasteiger partial charge in [0.15, 0.2) is 0 Å². The summed E-state index contributed by atoms with van der Waals surface area (Å²) in [5.74, 6) is 0.743. The fourth-order valence-corrected chi connectivity index (χ4v) is 3.64. The highest BCUT2D eigenvalue weighted by Crippen LogP contribution is 2.49. The van der Waals surface area contributed by atoms with Crippen LogP contribution in [0.25, 0.3) is 0 Å². The van der Waals surface area contributed by atoms with E-state index in [1.54, 1.807) is 12.1 Å². The van der Waals surface area contributed by atoms with Gasteiger partial charge in [-0.05, 0) is 49.3 Å². The molecule has 17 heavy (non-hydrogen) atoms. The first kappa shape index (κ1) is 11.1. The van der Waals surface area contributed by atoms with Gasteiger partial charge in [0.25, 0.3) is 0 Å². The van der Waals surface area contributed by atoms with Crippen molar-refractivity contribution in [2.45, 2.75) is 38.0 Å². The number of nitrogens with zero attached hydrogens (tertiary/aromatic N) is 1. The maximum atomic E-state index is 13.3. The lowest BCUT2D eigenvalue weighted by Gasteiger charge is -2.36. The predicted molar refractivity (Wildman–Crippen MR) is 69.0 cm³/mol. The van der Waals surface area contributed by atoms with Gasteiger partial charge in [-0.3, -0.25) is 0 Å². The third-order valence-corrected chi connectivity index (χ3v) is 4.71. The average Bonchev–Trinajstić information content (AvgIpc) is 2.57. The molecule has 2 aliphatic rings. The number of anilines is 1. The molecule has 92 valence electrons. The van der Waals surface area contributed by atoms with Crippen molar-refractivity contribution < 1.29 is 4.39 Å². The summed E-state index contributed by atoms with van der Waals surface area (Å²) in [6.45, 7) is 3.41. The minimum Gasteiger partial charge on any atom is -0.373 e. The Hall–Kier alpha value is -1.05. The van der Waals surface area contributed by atoms with Crippen LogP contribution in [0.1, 0.15) is 38.2 Å². The Balaban J connectivity index is 2.01.